The molecule has 3 aliphatic rings. The van der Waals surface area contributed by atoms with E-state index in [-0.39, 0.29) is 0 Å². The van der Waals surface area contributed by atoms with Crippen molar-refractivity contribution in [2.45, 2.75) is 190 Å². The molecule has 0 saturated heterocycles. The molecule has 2 heteroatoms. The Balaban J connectivity index is 1.83. The summed E-state index contributed by atoms with van der Waals surface area (Å²) in [6.07, 6.45) is 41.3. The van der Waals surface area contributed by atoms with Gasteiger partial charge in [0, 0.05) is 0 Å². The van der Waals surface area contributed by atoms with Gasteiger partial charge in [-0.25, -0.2) is 0 Å². The van der Waals surface area contributed by atoms with Crippen LogP contribution in [-0.2, 0) is 0 Å². The molecule has 3 aliphatic carbocycles. The zero-order valence-electron chi connectivity index (χ0n) is 21.7. The van der Waals surface area contributed by atoms with Crippen molar-refractivity contribution in [3.8, 4) is 0 Å². The number of hydrogen-bond donors (Lipinski definition) is 0. The molecule has 0 nitrogen and oxygen atoms in total. The molecular weight excluding hydrogens is 468 g/mol. The zero-order valence-corrected chi connectivity index (χ0v) is 24.3. The minimum absolute atomic E-state index is 1.07. The maximum atomic E-state index is 4.92. The summed E-state index contributed by atoms with van der Waals surface area (Å²) in [5.41, 5.74) is 3.21. The van der Waals surface area contributed by atoms with Gasteiger partial charge in [-0.15, -0.1) is 15.3 Å². The van der Waals surface area contributed by atoms with E-state index < -0.39 is 6.69 Å². The molecule has 0 aliphatic heterocycles. The van der Waals surface area contributed by atoms with E-state index in [0.29, 0.717) is 0 Å². The molecule has 0 aromatic rings. The van der Waals surface area contributed by atoms with E-state index in [2.05, 4.69) is 0 Å². The zero-order chi connectivity index (χ0) is 22.3. The van der Waals surface area contributed by atoms with Crippen molar-refractivity contribution in [3.63, 3.8) is 0 Å². The second-order valence-electron chi connectivity index (χ2n) is 12.1. The number of rotatable bonds is 3. The lowest BCUT2D eigenvalue weighted by molar-refractivity contribution is 0.449. The summed E-state index contributed by atoms with van der Waals surface area (Å²) in [6, 6.07) is 0. The fraction of sp³-hybridized carbons (Fsp3) is 1.00. The first-order chi connectivity index (χ1) is 15.8. The van der Waals surface area contributed by atoms with E-state index in [1.165, 1.54) is 135 Å². The average Bonchev–Trinajstić information content (AvgIpc) is 2.83. The first-order valence-corrected chi connectivity index (χ1v) is 20.0. The van der Waals surface area contributed by atoms with Gasteiger partial charge in [-0.3, -0.25) is 0 Å². The average molecular weight is 526 g/mol. The fourth-order valence-corrected chi connectivity index (χ4v) is 17.8. The van der Waals surface area contributed by atoms with Crippen LogP contribution in [0, 0.1) is 0 Å². The molecule has 0 bridgehead atoms. The minimum Gasteiger partial charge on any atom is -0.125 e. The molecule has 3 saturated carbocycles. The first-order valence-electron chi connectivity index (χ1n) is 15.5. The molecule has 0 heterocycles. The van der Waals surface area contributed by atoms with Crippen LogP contribution in [-0.4, -0.2) is 6.69 Å². The largest absolute Gasteiger partial charge is 0.139 e. The molecule has 0 aromatic heterocycles. The molecule has 0 unspecified atom stereocenters. The van der Waals surface area contributed by atoms with Crippen LogP contribution in [0.3, 0.4) is 0 Å². The van der Waals surface area contributed by atoms with Crippen molar-refractivity contribution < 1.29 is 0 Å². The van der Waals surface area contributed by atoms with E-state index in [1.807, 2.05) is 0 Å². The predicted octanol–water partition coefficient (Wildman–Crippen LogP) is 12.0. The highest BCUT2D eigenvalue weighted by Crippen LogP contribution is 2.57. The lowest BCUT2D eigenvalue weighted by atomic mass is 9.99. The Morgan fingerprint density at radius 1 is 0.281 bits per heavy atom. The van der Waals surface area contributed by atoms with Crippen molar-refractivity contribution in [1.82, 2.24) is 0 Å². The van der Waals surface area contributed by atoms with Gasteiger partial charge < -0.3 is 0 Å². The van der Waals surface area contributed by atoms with Crippen molar-refractivity contribution in [3.05, 3.63) is 0 Å². The molecule has 0 amide bonds. The highest BCUT2D eigenvalue weighted by molar-refractivity contribution is 9.26. The SMILES string of the molecule is Br[Si](C1CCCCCCCCC1)(C1CCCCCCCCC1)C1CCCCCCCCC1. The van der Waals surface area contributed by atoms with Crippen LogP contribution >= 0.6 is 15.3 Å². The van der Waals surface area contributed by atoms with Gasteiger partial charge in [-0.2, -0.15) is 0 Å². The van der Waals surface area contributed by atoms with E-state index in [0.717, 1.165) is 16.6 Å². The van der Waals surface area contributed by atoms with Gasteiger partial charge in [-0.1, -0.05) is 173 Å². The van der Waals surface area contributed by atoms with Crippen LogP contribution in [0.2, 0.25) is 16.6 Å². The van der Waals surface area contributed by atoms with E-state index >= 15 is 0 Å². The van der Waals surface area contributed by atoms with Crippen LogP contribution in [0.25, 0.3) is 0 Å². The lowest BCUT2D eigenvalue weighted by Crippen LogP contribution is -2.44. The molecule has 3 fully saturated rings. The minimum atomic E-state index is -1.51. The van der Waals surface area contributed by atoms with Gasteiger partial charge in [0.15, 0.2) is 0 Å². The smallest absolute Gasteiger partial charge is 0.125 e. The maximum absolute atomic E-state index is 4.92. The Morgan fingerprint density at radius 3 is 0.625 bits per heavy atom. The van der Waals surface area contributed by atoms with Crippen LogP contribution < -0.4 is 0 Å². The maximum Gasteiger partial charge on any atom is 0.139 e. The molecule has 3 rings (SSSR count). The molecule has 0 aromatic carbocycles. The summed E-state index contributed by atoms with van der Waals surface area (Å²) in [5.74, 6) is 0. The topological polar surface area (TPSA) is 0 Å². The third kappa shape index (κ3) is 9.05. The van der Waals surface area contributed by atoms with Gasteiger partial charge in [-0.05, 0) is 16.6 Å². The third-order valence-corrected chi connectivity index (χ3v) is 21.0. The Morgan fingerprint density at radius 2 is 0.438 bits per heavy atom. The Kier molecular flexibility index (Phi) is 14.0. The van der Waals surface area contributed by atoms with Crippen molar-refractivity contribution >= 4 is 22.0 Å². The van der Waals surface area contributed by atoms with Gasteiger partial charge in [0.05, 0.1) is 0 Å². The van der Waals surface area contributed by atoms with Crippen molar-refractivity contribution in [2.75, 3.05) is 0 Å². The molecule has 188 valence electrons. The van der Waals surface area contributed by atoms with E-state index in [9.17, 15) is 0 Å². The molecule has 0 spiro atoms. The molecular formula is C30H57BrSi. The van der Waals surface area contributed by atoms with Crippen LogP contribution in [0.5, 0.6) is 0 Å². The third-order valence-electron chi connectivity index (χ3n) is 9.69. The quantitative estimate of drug-likeness (QED) is 0.254. The van der Waals surface area contributed by atoms with Gasteiger partial charge in [0.1, 0.15) is 6.69 Å². The van der Waals surface area contributed by atoms with Crippen LogP contribution in [0.15, 0.2) is 0 Å². The highest BCUT2D eigenvalue weighted by atomic mass is 79.9. The van der Waals surface area contributed by atoms with Crippen molar-refractivity contribution in [2.24, 2.45) is 0 Å². The second-order valence-corrected chi connectivity index (χ2v) is 20.3. The molecule has 0 radical (unpaired) electrons. The second kappa shape index (κ2) is 16.4. The summed E-state index contributed by atoms with van der Waals surface area (Å²) < 4.78 is 0. The molecule has 0 N–H and O–H groups in total. The van der Waals surface area contributed by atoms with Gasteiger partial charge in [0.25, 0.3) is 0 Å². The van der Waals surface area contributed by atoms with Gasteiger partial charge >= 0.3 is 0 Å². The molecule has 32 heavy (non-hydrogen) atoms. The summed E-state index contributed by atoms with van der Waals surface area (Å²) >= 11 is 4.92. The predicted molar refractivity (Wildman–Crippen MR) is 151 cm³/mol. The Bertz CT molecular complexity index is 369. The Hall–Kier alpha value is 0.697. The monoisotopic (exact) mass is 524 g/mol. The highest BCUT2D eigenvalue weighted by Gasteiger charge is 2.49. The van der Waals surface area contributed by atoms with E-state index in [1.54, 1.807) is 38.5 Å². The standard InChI is InChI=1S/C30H57BrSi/c31-32(28-22-16-10-4-1-5-11-17-23-28,29-24-18-12-6-2-7-13-19-25-29)30-26-20-14-8-3-9-15-21-27-30/h28-30H,1-27H2. The summed E-state index contributed by atoms with van der Waals surface area (Å²) in [4.78, 5) is 0. The van der Waals surface area contributed by atoms with Crippen LogP contribution in [0.4, 0.5) is 0 Å². The fourth-order valence-electron chi connectivity index (χ4n) is 7.76. The summed E-state index contributed by atoms with van der Waals surface area (Å²) in [6.45, 7) is -1.51. The van der Waals surface area contributed by atoms with Crippen molar-refractivity contribution in [1.29, 1.82) is 0 Å². The van der Waals surface area contributed by atoms with E-state index in [4.69, 9.17) is 15.3 Å². The van der Waals surface area contributed by atoms with Gasteiger partial charge in [0.2, 0.25) is 0 Å². The Labute approximate surface area is 211 Å². The van der Waals surface area contributed by atoms with Crippen LogP contribution in [0.1, 0.15) is 173 Å². The lowest BCUT2D eigenvalue weighted by Gasteiger charge is -2.47. The summed E-state index contributed by atoms with van der Waals surface area (Å²) in [5, 5.41) is 0. The number of hydrogen-bond acceptors (Lipinski definition) is 0. The summed E-state index contributed by atoms with van der Waals surface area (Å²) in [7, 11) is 0. The number of halogens is 1. The molecule has 0 atom stereocenters. The normalized spacial score (nSPS) is 26.9. The first kappa shape index (κ1) is 27.3.